The summed E-state index contributed by atoms with van der Waals surface area (Å²) < 4.78 is 7.42. The van der Waals surface area contributed by atoms with E-state index >= 15 is 0 Å². The maximum absolute atomic E-state index is 11.1. The van der Waals surface area contributed by atoms with Gasteiger partial charge in [0.05, 0.1) is 42.8 Å². The number of nitrogens with one attached hydrogen (secondary N) is 1. The van der Waals surface area contributed by atoms with Gasteiger partial charge in [0.15, 0.2) is 0 Å². The first-order valence-electron chi connectivity index (χ1n) is 9.29. The molecule has 0 radical (unpaired) electrons. The van der Waals surface area contributed by atoms with E-state index in [4.69, 9.17) is 21.4 Å². The molecule has 2 heterocycles. The summed E-state index contributed by atoms with van der Waals surface area (Å²) in [6.45, 7) is 2.77. The number of aryl methyl sites for hydroxylation is 1. The molecule has 1 unspecified atom stereocenters. The van der Waals surface area contributed by atoms with Crippen LogP contribution in [-0.4, -0.2) is 50.4 Å². The molecule has 1 amide bonds. The van der Waals surface area contributed by atoms with Crippen LogP contribution in [0.15, 0.2) is 42.6 Å². The van der Waals surface area contributed by atoms with E-state index in [0.29, 0.717) is 17.4 Å². The van der Waals surface area contributed by atoms with Crippen molar-refractivity contribution in [1.82, 2.24) is 20.1 Å². The average molecular weight is 419 g/mol. The molecule has 0 saturated heterocycles. The number of nitrogens with zero attached hydrogens (tertiary/aromatic N) is 3. The van der Waals surface area contributed by atoms with Crippen LogP contribution in [-0.2, 0) is 17.7 Å². The van der Waals surface area contributed by atoms with E-state index in [2.05, 4.69) is 15.4 Å². The lowest BCUT2D eigenvalue weighted by Crippen LogP contribution is -2.31. The number of amides is 1. The molecule has 9 heteroatoms. The Hall–Kier alpha value is -2.68. The van der Waals surface area contributed by atoms with Crippen molar-refractivity contribution < 1.29 is 19.7 Å². The molecule has 0 bridgehead atoms. The van der Waals surface area contributed by atoms with Crippen LogP contribution in [0.2, 0.25) is 5.15 Å². The van der Waals surface area contributed by atoms with Crippen molar-refractivity contribution in [3.63, 3.8) is 0 Å². The molecule has 0 saturated carbocycles. The lowest BCUT2D eigenvalue weighted by Gasteiger charge is -2.19. The van der Waals surface area contributed by atoms with Gasteiger partial charge in [-0.2, -0.15) is 5.10 Å². The number of hydrogen-bond acceptors (Lipinski definition) is 5. The highest BCUT2D eigenvalue weighted by Gasteiger charge is 2.17. The van der Waals surface area contributed by atoms with E-state index in [9.17, 15) is 9.90 Å². The van der Waals surface area contributed by atoms with E-state index in [-0.39, 0.29) is 19.6 Å². The second-order valence-corrected chi connectivity index (χ2v) is 6.99. The van der Waals surface area contributed by atoms with Crippen LogP contribution < -0.4 is 5.32 Å². The van der Waals surface area contributed by atoms with Gasteiger partial charge in [0.25, 0.3) is 0 Å². The number of fused-ring (bicyclic) bond motifs is 1. The molecule has 0 fully saturated rings. The smallest absolute Gasteiger partial charge is 0.405 e. The van der Waals surface area contributed by atoms with Gasteiger partial charge >= 0.3 is 6.09 Å². The SMILES string of the molecule is CCn1ncc2cc(Cl)nc(CC(O)COC[C@@H](NC(=O)O)c3ccccc3)c21. The normalized spacial score (nSPS) is 13.3. The molecule has 0 aliphatic carbocycles. The highest BCUT2D eigenvalue weighted by Crippen LogP contribution is 2.22. The summed E-state index contributed by atoms with van der Waals surface area (Å²) in [6.07, 6.45) is -0.00156. The lowest BCUT2D eigenvalue weighted by atomic mass is 10.1. The summed E-state index contributed by atoms with van der Waals surface area (Å²) in [4.78, 5) is 15.4. The zero-order valence-corrected chi connectivity index (χ0v) is 16.7. The highest BCUT2D eigenvalue weighted by atomic mass is 35.5. The molecule has 0 aliphatic heterocycles. The molecular weight excluding hydrogens is 396 g/mol. The van der Waals surface area contributed by atoms with E-state index < -0.39 is 18.2 Å². The van der Waals surface area contributed by atoms with Crippen LogP contribution in [0.3, 0.4) is 0 Å². The lowest BCUT2D eigenvalue weighted by molar-refractivity contribution is 0.0274. The minimum atomic E-state index is -1.14. The van der Waals surface area contributed by atoms with Gasteiger partial charge in [-0.05, 0) is 18.6 Å². The molecule has 3 rings (SSSR count). The number of pyridine rings is 1. The Morgan fingerprint density at radius 2 is 2.07 bits per heavy atom. The third-order valence-electron chi connectivity index (χ3n) is 4.48. The van der Waals surface area contributed by atoms with Crippen LogP contribution in [0.4, 0.5) is 4.79 Å². The molecule has 1 aromatic carbocycles. The van der Waals surface area contributed by atoms with Crippen LogP contribution in [0.5, 0.6) is 0 Å². The van der Waals surface area contributed by atoms with Gasteiger partial charge in [0.2, 0.25) is 0 Å². The standard InChI is InChI=1S/C20H23ClN4O4/c1-2-25-19-14(10-22-25)8-18(21)23-16(19)9-15(26)11-29-12-17(24-20(27)28)13-6-4-3-5-7-13/h3-8,10,15,17,24,26H,2,9,11-12H2,1H3,(H,27,28)/t15?,17-/m1/s1. The molecule has 2 atom stereocenters. The zero-order valence-electron chi connectivity index (χ0n) is 16.0. The Morgan fingerprint density at radius 1 is 1.31 bits per heavy atom. The van der Waals surface area contributed by atoms with Crippen LogP contribution in [0, 0.1) is 0 Å². The minimum absolute atomic E-state index is 0.0284. The fraction of sp³-hybridized carbons (Fsp3) is 0.350. The summed E-state index contributed by atoms with van der Waals surface area (Å²) in [5, 5.41) is 27.5. The predicted molar refractivity (Wildman–Crippen MR) is 109 cm³/mol. The van der Waals surface area contributed by atoms with Crippen LogP contribution in [0.25, 0.3) is 10.9 Å². The van der Waals surface area contributed by atoms with Crippen molar-refractivity contribution in [3.8, 4) is 0 Å². The van der Waals surface area contributed by atoms with Crippen LogP contribution >= 0.6 is 11.6 Å². The monoisotopic (exact) mass is 418 g/mol. The largest absolute Gasteiger partial charge is 0.465 e. The first kappa shape index (κ1) is 21.0. The predicted octanol–water partition coefficient (Wildman–Crippen LogP) is 3.03. The maximum atomic E-state index is 11.1. The van der Waals surface area contributed by atoms with Gasteiger partial charge < -0.3 is 20.3 Å². The van der Waals surface area contributed by atoms with Crippen molar-refractivity contribution in [2.75, 3.05) is 13.2 Å². The highest BCUT2D eigenvalue weighted by molar-refractivity contribution is 6.30. The number of halogens is 1. The number of carboxylic acid groups (broad SMARTS) is 1. The van der Waals surface area contributed by atoms with Crippen molar-refractivity contribution >= 4 is 28.6 Å². The Balaban J connectivity index is 1.64. The molecule has 29 heavy (non-hydrogen) atoms. The van der Waals surface area contributed by atoms with Crippen molar-refractivity contribution in [1.29, 1.82) is 0 Å². The molecule has 3 N–H and O–H groups in total. The second kappa shape index (κ2) is 9.69. The first-order chi connectivity index (χ1) is 14.0. The topological polar surface area (TPSA) is 110 Å². The van der Waals surface area contributed by atoms with Crippen molar-refractivity contribution in [2.45, 2.75) is 32.0 Å². The molecule has 154 valence electrons. The maximum Gasteiger partial charge on any atom is 0.405 e. The summed E-state index contributed by atoms with van der Waals surface area (Å²) in [6, 6.07) is 10.4. The number of aliphatic hydroxyl groups excluding tert-OH is 1. The fourth-order valence-electron chi connectivity index (χ4n) is 3.21. The number of aromatic nitrogens is 3. The van der Waals surface area contributed by atoms with E-state index in [1.54, 1.807) is 12.3 Å². The van der Waals surface area contributed by atoms with Crippen LogP contribution in [0.1, 0.15) is 24.2 Å². The number of ether oxygens (including phenoxy) is 1. The fourth-order valence-corrected chi connectivity index (χ4v) is 3.42. The molecular formula is C20H23ClN4O4. The van der Waals surface area contributed by atoms with E-state index in [0.717, 1.165) is 16.5 Å². The number of hydrogen-bond donors (Lipinski definition) is 3. The summed E-state index contributed by atoms with van der Waals surface area (Å²) in [5.41, 5.74) is 2.27. The molecule has 0 spiro atoms. The third-order valence-corrected chi connectivity index (χ3v) is 4.67. The average Bonchev–Trinajstić information content (AvgIpc) is 3.10. The molecule has 2 aromatic heterocycles. The van der Waals surface area contributed by atoms with Gasteiger partial charge in [-0.1, -0.05) is 41.9 Å². The Labute approximate surface area is 173 Å². The number of benzene rings is 1. The summed E-state index contributed by atoms with van der Waals surface area (Å²) >= 11 is 6.10. The Bertz CT molecular complexity index is 964. The van der Waals surface area contributed by atoms with E-state index in [1.165, 1.54) is 0 Å². The number of aliphatic hydroxyl groups is 1. The first-order valence-corrected chi connectivity index (χ1v) is 9.66. The van der Waals surface area contributed by atoms with Gasteiger partial charge in [0.1, 0.15) is 5.15 Å². The molecule has 0 aliphatic rings. The van der Waals surface area contributed by atoms with E-state index in [1.807, 2.05) is 41.9 Å². The van der Waals surface area contributed by atoms with Gasteiger partial charge in [-0.3, -0.25) is 4.68 Å². The quantitative estimate of drug-likeness (QED) is 0.461. The molecule has 8 nitrogen and oxygen atoms in total. The molecule has 3 aromatic rings. The summed E-state index contributed by atoms with van der Waals surface area (Å²) in [5.74, 6) is 0. The number of rotatable bonds is 9. The third kappa shape index (κ3) is 5.44. The Morgan fingerprint density at radius 3 is 2.76 bits per heavy atom. The van der Waals surface area contributed by atoms with Crippen molar-refractivity contribution in [2.24, 2.45) is 0 Å². The minimum Gasteiger partial charge on any atom is -0.465 e. The van der Waals surface area contributed by atoms with Gasteiger partial charge in [-0.25, -0.2) is 9.78 Å². The van der Waals surface area contributed by atoms with Gasteiger partial charge in [0, 0.05) is 18.4 Å². The second-order valence-electron chi connectivity index (χ2n) is 6.60. The summed E-state index contributed by atoms with van der Waals surface area (Å²) in [7, 11) is 0. The van der Waals surface area contributed by atoms with Gasteiger partial charge in [-0.15, -0.1) is 0 Å². The number of carbonyl (C=O) groups is 1. The Kier molecular flexibility index (Phi) is 7.03. The zero-order chi connectivity index (χ0) is 20.8. The van der Waals surface area contributed by atoms with Crippen molar-refractivity contribution in [3.05, 3.63) is 59.0 Å².